The number of benzene rings is 1. The van der Waals surface area contributed by atoms with Crippen molar-refractivity contribution in [1.29, 1.82) is 0 Å². The van der Waals surface area contributed by atoms with Gasteiger partial charge in [0.15, 0.2) is 17.3 Å². The van der Waals surface area contributed by atoms with Gasteiger partial charge in [0.05, 0.1) is 12.7 Å². The molecule has 25 heavy (non-hydrogen) atoms. The van der Waals surface area contributed by atoms with E-state index in [9.17, 15) is 9.18 Å². The lowest BCUT2D eigenvalue weighted by Crippen LogP contribution is -2.57. The summed E-state index contributed by atoms with van der Waals surface area (Å²) in [6.45, 7) is 3.14. The molecule has 3 fully saturated rings. The van der Waals surface area contributed by atoms with Crippen LogP contribution < -0.4 is 10.1 Å². The first-order valence-electron chi connectivity index (χ1n) is 8.61. The van der Waals surface area contributed by atoms with Crippen molar-refractivity contribution in [1.82, 2.24) is 10.2 Å². The predicted octanol–water partition coefficient (Wildman–Crippen LogP) is 2.92. The number of halogens is 1. The van der Waals surface area contributed by atoms with Crippen LogP contribution in [0.3, 0.4) is 0 Å². The maximum Gasteiger partial charge on any atom is 0.287 e. The molecule has 1 unspecified atom stereocenters. The smallest absolute Gasteiger partial charge is 0.287 e. The Morgan fingerprint density at radius 2 is 2.08 bits per heavy atom. The first-order valence-corrected chi connectivity index (χ1v) is 8.61. The molecule has 1 N–H and O–H groups in total. The Hall–Kier alpha value is -2.34. The molecule has 0 spiro atoms. The van der Waals surface area contributed by atoms with Gasteiger partial charge in [-0.05, 0) is 56.1 Å². The van der Waals surface area contributed by atoms with Crippen LogP contribution in [0.4, 0.5) is 4.39 Å². The lowest BCUT2D eigenvalue weighted by molar-refractivity contribution is 0.0606. The molecule has 2 aromatic rings. The largest absolute Gasteiger partial charge is 0.494 e. The Labute approximate surface area is 145 Å². The van der Waals surface area contributed by atoms with Gasteiger partial charge in [0, 0.05) is 12.6 Å². The Bertz CT molecular complexity index is 781. The van der Waals surface area contributed by atoms with Crippen molar-refractivity contribution in [3.8, 4) is 17.1 Å². The fraction of sp³-hybridized carbons (Fsp3) is 0.421. The summed E-state index contributed by atoms with van der Waals surface area (Å²) >= 11 is 0. The van der Waals surface area contributed by atoms with Crippen molar-refractivity contribution in [3.05, 3.63) is 41.9 Å². The van der Waals surface area contributed by atoms with Crippen LogP contribution >= 0.6 is 0 Å². The zero-order valence-corrected chi connectivity index (χ0v) is 14.1. The SMILES string of the molecule is COc1cccc(-c2ccc(C(=O)NC3CN4CCC3CC4)o2)c1F. The molecule has 1 aromatic carbocycles. The monoisotopic (exact) mass is 344 g/mol. The molecule has 0 saturated carbocycles. The van der Waals surface area contributed by atoms with E-state index in [1.807, 2.05) is 0 Å². The molecule has 3 aliphatic heterocycles. The summed E-state index contributed by atoms with van der Waals surface area (Å²) in [6, 6.07) is 8.20. The summed E-state index contributed by atoms with van der Waals surface area (Å²) in [4.78, 5) is 14.9. The molecular formula is C19H21FN2O3. The third-order valence-corrected chi connectivity index (χ3v) is 5.25. The molecule has 3 aliphatic rings. The molecule has 5 rings (SSSR count). The van der Waals surface area contributed by atoms with E-state index in [-0.39, 0.29) is 29.0 Å². The molecule has 5 nitrogen and oxygen atoms in total. The summed E-state index contributed by atoms with van der Waals surface area (Å²) in [5.41, 5.74) is 0.279. The zero-order valence-electron chi connectivity index (χ0n) is 14.1. The number of methoxy groups -OCH3 is 1. The van der Waals surface area contributed by atoms with Gasteiger partial charge in [-0.25, -0.2) is 4.39 Å². The molecule has 0 aliphatic carbocycles. The van der Waals surface area contributed by atoms with E-state index in [4.69, 9.17) is 9.15 Å². The summed E-state index contributed by atoms with van der Waals surface area (Å²) in [6.07, 6.45) is 2.26. The number of hydrogen-bond donors (Lipinski definition) is 1. The Morgan fingerprint density at radius 3 is 2.76 bits per heavy atom. The van der Waals surface area contributed by atoms with Gasteiger partial charge in [-0.15, -0.1) is 0 Å². The third kappa shape index (κ3) is 3.02. The lowest BCUT2D eigenvalue weighted by atomic mass is 9.84. The number of carbonyl (C=O) groups is 1. The second-order valence-corrected chi connectivity index (χ2v) is 6.70. The zero-order chi connectivity index (χ0) is 17.4. The number of hydrogen-bond acceptors (Lipinski definition) is 4. The standard InChI is InChI=1S/C19H21FN2O3/c1-24-16-4-2-3-13(18(16)20)15-5-6-17(25-15)19(23)21-14-11-22-9-7-12(14)8-10-22/h2-6,12,14H,7-11H2,1H3,(H,21,23). The number of piperidine rings is 3. The maximum absolute atomic E-state index is 14.4. The fourth-order valence-electron chi connectivity index (χ4n) is 3.83. The number of furan rings is 1. The first-order chi connectivity index (χ1) is 12.2. The van der Waals surface area contributed by atoms with Gasteiger partial charge in [-0.2, -0.15) is 0 Å². The van der Waals surface area contributed by atoms with E-state index < -0.39 is 5.82 Å². The van der Waals surface area contributed by atoms with Crippen LogP contribution in [0, 0.1) is 11.7 Å². The molecule has 1 aromatic heterocycles. The summed E-state index contributed by atoms with van der Waals surface area (Å²) in [5.74, 6) is 0.465. The van der Waals surface area contributed by atoms with Crippen molar-refractivity contribution in [3.63, 3.8) is 0 Å². The normalized spacial score (nSPS) is 25.0. The highest BCUT2D eigenvalue weighted by Gasteiger charge is 2.35. The average molecular weight is 344 g/mol. The highest BCUT2D eigenvalue weighted by Crippen LogP contribution is 2.31. The molecule has 4 heterocycles. The highest BCUT2D eigenvalue weighted by atomic mass is 19.1. The van der Waals surface area contributed by atoms with Crippen LogP contribution in [0.2, 0.25) is 0 Å². The quantitative estimate of drug-likeness (QED) is 0.927. The first kappa shape index (κ1) is 16.1. The molecule has 6 heteroatoms. The predicted molar refractivity (Wildman–Crippen MR) is 91.1 cm³/mol. The van der Waals surface area contributed by atoms with Crippen molar-refractivity contribution in [2.24, 2.45) is 5.92 Å². The number of amides is 1. The van der Waals surface area contributed by atoms with E-state index in [1.54, 1.807) is 30.3 Å². The summed E-state index contributed by atoms with van der Waals surface area (Å²) < 4.78 is 25.0. The molecular weight excluding hydrogens is 323 g/mol. The minimum absolute atomic E-state index is 0.146. The number of nitrogens with one attached hydrogen (secondary N) is 1. The van der Waals surface area contributed by atoms with Crippen molar-refractivity contribution in [2.45, 2.75) is 18.9 Å². The third-order valence-electron chi connectivity index (χ3n) is 5.25. The topological polar surface area (TPSA) is 54.7 Å². The van der Waals surface area contributed by atoms with E-state index in [1.165, 1.54) is 7.11 Å². The Balaban J connectivity index is 1.50. The number of fused-ring (bicyclic) bond motifs is 3. The van der Waals surface area contributed by atoms with Gasteiger partial charge < -0.3 is 19.4 Å². The minimum Gasteiger partial charge on any atom is -0.494 e. The van der Waals surface area contributed by atoms with Crippen LogP contribution in [0.15, 0.2) is 34.7 Å². The van der Waals surface area contributed by atoms with E-state index in [0.717, 1.165) is 32.5 Å². The van der Waals surface area contributed by atoms with Crippen molar-refractivity contribution < 1.29 is 18.3 Å². The second-order valence-electron chi connectivity index (χ2n) is 6.70. The van der Waals surface area contributed by atoms with E-state index in [2.05, 4.69) is 10.2 Å². The van der Waals surface area contributed by atoms with E-state index in [0.29, 0.717) is 11.7 Å². The van der Waals surface area contributed by atoms with Crippen molar-refractivity contribution >= 4 is 5.91 Å². The highest BCUT2D eigenvalue weighted by molar-refractivity contribution is 5.92. The maximum atomic E-state index is 14.4. The van der Waals surface area contributed by atoms with Gasteiger partial charge >= 0.3 is 0 Å². The molecule has 132 valence electrons. The fourth-order valence-corrected chi connectivity index (χ4v) is 3.83. The molecule has 3 saturated heterocycles. The van der Waals surface area contributed by atoms with Crippen LogP contribution in [0.1, 0.15) is 23.4 Å². The van der Waals surface area contributed by atoms with Gasteiger partial charge in [0.2, 0.25) is 0 Å². The number of carbonyl (C=O) groups excluding carboxylic acids is 1. The molecule has 1 atom stereocenters. The molecule has 2 bridgehead atoms. The van der Waals surface area contributed by atoms with Crippen LogP contribution in [-0.4, -0.2) is 43.6 Å². The van der Waals surface area contributed by atoms with Crippen LogP contribution in [0.5, 0.6) is 5.75 Å². The van der Waals surface area contributed by atoms with Gasteiger partial charge in [0.1, 0.15) is 5.76 Å². The lowest BCUT2D eigenvalue weighted by Gasteiger charge is -2.44. The van der Waals surface area contributed by atoms with Crippen LogP contribution in [-0.2, 0) is 0 Å². The average Bonchev–Trinajstić information content (AvgIpc) is 3.13. The summed E-state index contributed by atoms with van der Waals surface area (Å²) in [7, 11) is 1.41. The van der Waals surface area contributed by atoms with E-state index >= 15 is 0 Å². The van der Waals surface area contributed by atoms with Crippen LogP contribution in [0.25, 0.3) is 11.3 Å². The summed E-state index contributed by atoms with van der Waals surface area (Å²) in [5, 5.41) is 3.08. The number of ether oxygens (including phenoxy) is 1. The van der Waals surface area contributed by atoms with Gasteiger partial charge in [-0.1, -0.05) is 6.07 Å². The van der Waals surface area contributed by atoms with Crippen molar-refractivity contribution in [2.75, 3.05) is 26.7 Å². The molecule has 1 amide bonds. The molecule has 0 radical (unpaired) electrons. The Kier molecular flexibility index (Phi) is 4.21. The Morgan fingerprint density at radius 1 is 1.28 bits per heavy atom. The minimum atomic E-state index is -0.497. The second kappa shape index (κ2) is 6.52. The van der Waals surface area contributed by atoms with Gasteiger partial charge in [-0.3, -0.25) is 4.79 Å². The van der Waals surface area contributed by atoms with Gasteiger partial charge in [0.25, 0.3) is 5.91 Å². The number of nitrogens with zero attached hydrogens (tertiary/aromatic N) is 1. The number of rotatable bonds is 4.